The van der Waals surface area contributed by atoms with Crippen LogP contribution in [0.5, 0.6) is 0 Å². The molecule has 0 atom stereocenters. The third kappa shape index (κ3) is 4.08. The predicted molar refractivity (Wildman–Crippen MR) is 123 cm³/mol. The van der Waals surface area contributed by atoms with Gasteiger partial charge in [-0.3, -0.25) is 9.69 Å². The fourth-order valence-corrected chi connectivity index (χ4v) is 4.08. The van der Waals surface area contributed by atoms with Crippen LogP contribution in [0.15, 0.2) is 78.4 Å². The van der Waals surface area contributed by atoms with Crippen LogP contribution in [0.2, 0.25) is 20.1 Å². The number of rotatable bonds is 3. The normalized spacial score (nSPS) is 15.2. The summed E-state index contributed by atoms with van der Waals surface area (Å²) in [6.45, 7) is 0. The van der Waals surface area contributed by atoms with Crippen LogP contribution in [0.1, 0.15) is 11.1 Å². The second-order valence-electron chi connectivity index (χ2n) is 6.40. The van der Waals surface area contributed by atoms with Crippen LogP contribution < -0.4 is 4.90 Å². The molecule has 0 aliphatic carbocycles. The van der Waals surface area contributed by atoms with Gasteiger partial charge in [-0.1, -0.05) is 82.8 Å². The van der Waals surface area contributed by atoms with Gasteiger partial charge in [-0.15, -0.1) is 0 Å². The van der Waals surface area contributed by atoms with Gasteiger partial charge in [0.15, 0.2) is 0 Å². The Hall–Kier alpha value is -2.23. The van der Waals surface area contributed by atoms with Crippen molar-refractivity contribution in [1.82, 2.24) is 0 Å². The number of carbonyl (C=O) groups is 1. The van der Waals surface area contributed by atoms with Gasteiger partial charge in [-0.05, 0) is 53.6 Å². The van der Waals surface area contributed by atoms with E-state index < -0.39 is 0 Å². The lowest BCUT2D eigenvalue weighted by Gasteiger charge is -2.22. The number of amides is 1. The summed E-state index contributed by atoms with van der Waals surface area (Å²) in [5.74, 6) is -0.209. The third-order valence-electron chi connectivity index (χ3n) is 4.48. The fraction of sp³-hybridized carbons (Fsp3) is 0. The van der Waals surface area contributed by atoms with Crippen molar-refractivity contribution in [2.24, 2.45) is 0 Å². The summed E-state index contributed by atoms with van der Waals surface area (Å²) < 4.78 is 0. The van der Waals surface area contributed by atoms with Gasteiger partial charge in [0.2, 0.25) is 0 Å². The Labute approximate surface area is 188 Å². The molecule has 3 aromatic carbocycles. The van der Waals surface area contributed by atoms with Gasteiger partial charge in [-0.25, -0.2) is 0 Å². The molecule has 29 heavy (non-hydrogen) atoms. The Morgan fingerprint density at radius 3 is 2.07 bits per heavy atom. The summed E-state index contributed by atoms with van der Waals surface area (Å²) in [6, 6.07) is 19.8. The lowest BCUT2D eigenvalue weighted by atomic mass is 10.1. The predicted octanol–water partition coefficient (Wildman–Crippen LogP) is 7.77. The van der Waals surface area contributed by atoms with Crippen LogP contribution in [0.25, 0.3) is 11.8 Å². The molecule has 0 radical (unpaired) electrons. The number of anilines is 1. The molecule has 3 aromatic rings. The summed E-state index contributed by atoms with van der Waals surface area (Å²) in [5.41, 5.74) is 3.35. The van der Waals surface area contributed by atoms with Crippen molar-refractivity contribution in [2.45, 2.75) is 0 Å². The molecule has 0 N–H and O–H groups in total. The van der Waals surface area contributed by atoms with Gasteiger partial charge in [0.05, 0.1) is 16.4 Å². The van der Waals surface area contributed by atoms with Crippen LogP contribution >= 0.6 is 46.4 Å². The highest BCUT2D eigenvalue weighted by Gasteiger charge is 2.31. The van der Waals surface area contributed by atoms with Gasteiger partial charge in [0, 0.05) is 20.6 Å². The van der Waals surface area contributed by atoms with Crippen LogP contribution in [-0.2, 0) is 4.79 Å². The molecule has 4 rings (SSSR count). The first-order valence-corrected chi connectivity index (χ1v) is 10.2. The molecule has 6 heteroatoms. The van der Waals surface area contributed by atoms with Gasteiger partial charge in [0.1, 0.15) is 0 Å². The van der Waals surface area contributed by atoms with Gasteiger partial charge >= 0.3 is 0 Å². The molecule has 0 bridgehead atoms. The van der Waals surface area contributed by atoms with Crippen molar-refractivity contribution in [3.63, 3.8) is 0 Å². The fourth-order valence-electron chi connectivity index (χ4n) is 3.12. The Kier molecular flexibility index (Phi) is 5.71. The maximum Gasteiger partial charge on any atom is 0.262 e. The second-order valence-corrected chi connectivity index (χ2v) is 8.08. The Balaban J connectivity index is 1.86. The van der Waals surface area contributed by atoms with E-state index in [0.717, 1.165) is 11.3 Å². The lowest BCUT2D eigenvalue weighted by Crippen LogP contribution is -2.25. The van der Waals surface area contributed by atoms with E-state index in [1.807, 2.05) is 36.4 Å². The number of carbonyl (C=O) groups excluding carboxylic acids is 1. The van der Waals surface area contributed by atoms with Crippen molar-refractivity contribution in [3.05, 3.63) is 110 Å². The molecule has 0 aromatic heterocycles. The highest BCUT2D eigenvalue weighted by Crippen LogP contribution is 2.39. The second kappa shape index (κ2) is 8.25. The maximum atomic E-state index is 13.4. The first-order valence-electron chi connectivity index (χ1n) is 8.67. The maximum absolute atomic E-state index is 13.4. The standard InChI is InChI=1S/C23H13Cl4NO/c24-17-7-6-15(19(26)12-17)10-16-11-22(14-4-2-1-3-5-14)28(23(16)29)21-9-8-18(25)13-20(21)27/h1-13H/b16-10+. The molecule has 144 valence electrons. The van der Waals surface area contributed by atoms with E-state index in [2.05, 4.69) is 0 Å². The number of halogens is 4. The average Bonchev–Trinajstić information content (AvgIpc) is 3.01. The minimum absolute atomic E-state index is 0.209. The molecular weight excluding hydrogens is 448 g/mol. The van der Waals surface area contributed by atoms with E-state index in [1.54, 1.807) is 47.4 Å². The zero-order valence-corrected chi connectivity index (χ0v) is 17.9. The average molecular weight is 461 g/mol. The van der Waals surface area contributed by atoms with Crippen molar-refractivity contribution < 1.29 is 4.79 Å². The minimum atomic E-state index is -0.209. The first kappa shape index (κ1) is 20.1. The van der Waals surface area contributed by atoms with Gasteiger partial charge in [-0.2, -0.15) is 0 Å². The number of nitrogens with zero attached hydrogens (tertiary/aromatic N) is 1. The van der Waals surface area contributed by atoms with Crippen molar-refractivity contribution in [3.8, 4) is 0 Å². The molecule has 1 aliphatic rings. The molecule has 0 saturated heterocycles. The zero-order valence-electron chi connectivity index (χ0n) is 14.9. The summed E-state index contributed by atoms with van der Waals surface area (Å²) in [4.78, 5) is 14.9. The summed E-state index contributed by atoms with van der Waals surface area (Å²) in [6.07, 6.45) is 3.57. The number of benzene rings is 3. The van der Waals surface area contributed by atoms with Crippen LogP contribution in [0, 0.1) is 0 Å². The zero-order chi connectivity index (χ0) is 20.5. The number of hydrogen-bond acceptors (Lipinski definition) is 1. The Morgan fingerprint density at radius 2 is 1.41 bits per heavy atom. The monoisotopic (exact) mass is 459 g/mol. The van der Waals surface area contributed by atoms with Gasteiger partial charge < -0.3 is 0 Å². The smallest absolute Gasteiger partial charge is 0.262 e. The molecule has 0 spiro atoms. The molecule has 0 saturated carbocycles. The molecule has 2 nitrogen and oxygen atoms in total. The third-order valence-corrected chi connectivity index (χ3v) is 5.58. The number of hydrogen-bond donors (Lipinski definition) is 0. The first-order chi connectivity index (χ1) is 13.9. The quantitative estimate of drug-likeness (QED) is 0.365. The molecule has 1 amide bonds. The molecule has 1 heterocycles. The lowest BCUT2D eigenvalue weighted by molar-refractivity contribution is -0.113. The van der Waals surface area contributed by atoms with E-state index in [-0.39, 0.29) is 5.91 Å². The Bertz CT molecular complexity index is 1170. The van der Waals surface area contributed by atoms with E-state index in [1.165, 1.54) is 0 Å². The highest BCUT2D eigenvalue weighted by molar-refractivity contribution is 6.38. The highest BCUT2D eigenvalue weighted by atomic mass is 35.5. The molecule has 0 fully saturated rings. The van der Waals surface area contributed by atoms with E-state index in [0.29, 0.717) is 36.9 Å². The topological polar surface area (TPSA) is 20.3 Å². The van der Waals surface area contributed by atoms with Crippen LogP contribution in [0.4, 0.5) is 5.69 Å². The SMILES string of the molecule is O=C1/C(=C/c2ccc(Cl)cc2Cl)C=C(c2ccccc2)N1c1ccc(Cl)cc1Cl. The Morgan fingerprint density at radius 1 is 0.759 bits per heavy atom. The van der Waals surface area contributed by atoms with E-state index >= 15 is 0 Å². The minimum Gasteiger partial charge on any atom is -0.275 e. The van der Waals surface area contributed by atoms with Crippen molar-refractivity contribution in [1.29, 1.82) is 0 Å². The van der Waals surface area contributed by atoms with E-state index in [4.69, 9.17) is 46.4 Å². The summed E-state index contributed by atoms with van der Waals surface area (Å²) in [7, 11) is 0. The largest absolute Gasteiger partial charge is 0.275 e. The van der Waals surface area contributed by atoms with Crippen LogP contribution in [-0.4, -0.2) is 5.91 Å². The van der Waals surface area contributed by atoms with Crippen molar-refractivity contribution in [2.75, 3.05) is 4.90 Å². The summed E-state index contributed by atoms with van der Waals surface area (Å²) >= 11 is 24.7. The molecule has 0 unspecified atom stereocenters. The molecular formula is C23H13Cl4NO. The molecule has 1 aliphatic heterocycles. The summed E-state index contributed by atoms with van der Waals surface area (Å²) in [5, 5.41) is 1.89. The van der Waals surface area contributed by atoms with Gasteiger partial charge in [0.25, 0.3) is 5.91 Å². The van der Waals surface area contributed by atoms with E-state index in [9.17, 15) is 4.79 Å². The van der Waals surface area contributed by atoms with Crippen LogP contribution in [0.3, 0.4) is 0 Å². The van der Waals surface area contributed by atoms with Crippen molar-refractivity contribution >= 4 is 69.8 Å².